The van der Waals surface area contributed by atoms with E-state index in [1.165, 1.54) is 0 Å². The molecule has 0 radical (unpaired) electrons. The minimum atomic E-state index is -2.17. The molecule has 0 atom stereocenters. The van der Waals surface area contributed by atoms with Crippen LogP contribution in [0.4, 0.5) is 0 Å². The molecule has 0 spiro atoms. The molecule has 58 valence electrons. The van der Waals surface area contributed by atoms with Crippen LogP contribution in [0.1, 0.15) is 0 Å². The van der Waals surface area contributed by atoms with Gasteiger partial charge in [0.05, 0.1) is 0 Å². The molecule has 0 aromatic heterocycles. The SMILES string of the molecule is OB(O)O.[Cl][Ni][Cl].[Ni]. The molecule has 0 aliphatic carbocycles. The number of hydrogen-bond acceptors (Lipinski definition) is 3. The molecular formula is H3BCl2Ni2O3. The van der Waals surface area contributed by atoms with Crippen LogP contribution in [-0.2, 0) is 29.1 Å². The molecule has 0 unspecified atom stereocenters. The molecule has 0 amide bonds. The van der Waals surface area contributed by atoms with E-state index in [-0.39, 0.29) is 16.5 Å². The Bertz CT molecular complexity index is 26.5. The van der Waals surface area contributed by atoms with Crippen molar-refractivity contribution in [3.05, 3.63) is 0 Å². The normalized spacial score (nSPS) is 6.12. The van der Waals surface area contributed by atoms with E-state index in [0.29, 0.717) is 12.7 Å². The molecule has 8 heavy (non-hydrogen) atoms. The third-order valence-corrected chi connectivity index (χ3v) is 0. The fraction of sp³-hybridized carbons (Fsp3) is 0. The number of halogens is 2. The maximum atomic E-state index is 7.17. The van der Waals surface area contributed by atoms with E-state index in [9.17, 15) is 0 Å². The molecule has 0 saturated carbocycles. The zero-order valence-electron chi connectivity index (χ0n) is 3.31. The van der Waals surface area contributed by atoms with Gasteiger partial charge in [0.25, 0.3) is 0 Å². The van der Waals surface area contributed by atoms with E-state index in [2.05, 4.69) is 0 Å². The molecule has 0 aromatic rings. The summed E-state index contributed by atoms with van der Waals surface area (Å²) in [7, 11) is 7.24. The molecule has 0 aliphatic heterocycles. The Kier molecular flexibility index (Phi) is 32.1. The Balaban J connectivity index is -0.0000000575. The summed E-state index contributed by atoms with van der Waals surface area (Å²) in [6.45, 7) is 0. The first kappa shape index (κ1) is 16.3. The summed E-state index contributed by atoms with van der Waals surface area (Å²) >= 11 is 0.569. The Morgan fingerprint density at radius 3 is 1.12 bits per heavy atom. The topological polar surface area (TPSA) is 60.7 Å². The van der Waals surface area contributed by atoms with Gasteiger partial charge in [-0.1, -0.05) is 0 Å². The number of hydrogen-bond donors (Lipinski definition) is 3. The van der Waals surface area contributed by atoms with Gasteiger partial charge >= 0.3 is 40.4 Å². The quantitative estimate of drug-likeness (QED) is 0.499. The van der Waals surface area contributed by atoms with Gasteiger partial charge in [-0.05, 0) is 0 Å². The summed E-state index contributed by atoms with van der Waals surface area (Å²) in [4.78, 5) is 0. The van der Waals surface area contributed by atoms with Gasteiger partial charge in [-0.2, -0.15) is 0 Å². The molecule has 0 bridgehead atoms. The van der Waals surface area contributed by atoms with Gasteiger partial charge in [0, 0.05) is 16.5 Å². The van der Waals surface area contributed by atoms with Crippen LogP contribution in [-0.4, -0.2) is 22.4 Å². The second-order valence-electron chi connectivity index (χ2n) is 0.392. The van der Waals surface area contributed by atoms with Crippen molar-refractivity contribution in [1.82, 2.24) is 0 Å². The van der Waals surface area contributed by atoms with E-state index < -0.39 is 7.32 Å². The third kappa shape index (κ3) is 139. The Morgan fingerprint density at radius 2 is 1.12 bits per heavy atom. The summed E-state index contributed by atoms with van der Waals surface area (Å²) in [6, 6.07) is 0. The van der Waals surface area contributed by atoms with Crippen molar-refractivity contribution in [2.24, 2.45) is 0 Å². The van der Waals surface area contributed by atoms with Gasteiger partial charge in [-0.25, -0.2) is 0 Å². The Labute approximate surface area is 71.8 Å². The second-order valence-corrected chi connectivity index (χ2v) is 2.02. The maximum absolute atomic E-state index is 7.17. The minimum Gasteiger partial charge on any atom is 0 e. The van der Waals surface area contributed by atoms with Crippen LogP contribution < -0.4 is 0 Å². The smallest absolute Gasteiger partial charge is 0 e. The summed E-state index contributed by atoms with van der Waals surface area (Å²) in [5, 5.41) is 21.5. The van der Waals surface area contributed by atoms with Crippen molar-refractivity contribution in [2.45, 2.75) is 0 Å². The largest absolute Gasteiger partial charge is 0 e. The molecule has 3 N–H and O–H groups in total. The van der Waals surface area contributed by atoms with Gasteiger partial charge in [0.2, 0.25) is 0 Å². The fourth-order valence-electron chi connectivity index (χ4n) is 0. The van der Waals surface area contributed by atoms with Crippen LogP contribution in [0.25, 0.3) is 0 Å². The molecule has 3 nitrogen and oxygen atoms in total. The van der Waals surface area contributed by atoms with Crippen molar-refractivity contribution >= 4 is 27.7 Å². The predicted octanol–water partition coefficient (Wildman–Crippen LogP) is -0.678. The van der Waals surface area contributed by atoms with Gasteiger partial charge < -0.3 is 15.1 Å². The Hall–Kier alpha value is 1.51. The van der Waals surface area contributed by atoms with Gasteiger partial charge in [-0.3, -0.25) is 0 Å². The summed E-state index contributed by atoms with van der Waals surface area (Å²) in [6.07, 6.45) is 0. The van der Waals surface area contributed by atoms with E-state index >= 15 is 0 Å². The molecule has 0 aliphatic rings. The van der Waals surface area contributed by atoms with Gasteiger partial charge in [0.1, 0.15) is 0 Å². The van der Waals surface area contributed by atoms with Crippen molar-refractivity contribution < 1.29 is 44.2 Å². The van der Waals surface area contributed by atoms with E-state index in [1.807, 2.05) is 0 Å². The third-order valence-electron chi connectivity index (χ3n) is 0. The summed E-state index contributed by atoms with van der Waals surface area (Å²) in [5.41, 5.74) is 0. The molecule has 8 heteroatoms. The first-order valence-electron chi connectivity index (χ1n) is 1.01. The molecule has 0 fully saturated rings. The zero-order chi connectivity index (χ0) is 6.28. The van der Waals surface area contributed by atoms with E-state index in [0.717, 1.165) is 0 Å². The average molecular weight is 250 g/mol. The molecule has 0 rings (SSSR count). The van der Waals surface area contributed by atoms with Crippen LogP contribution in [0.15, 0.2) is 0 Å². The summed E-state index contributed by atoms with van der Waals surface area (Å²) < 4.78 is 0. The number of rotatable bonds is 0. The molecule has 0 saturated heterocycles. The first-order chi connectivity index (χ1) is 3.15. The molecule has 0 aromatic carbocycles. The van der Waals surface area contributed by atoms with Crippen LogP contribution >= 0.6 is 20.4 Å². The van der Waals surface area contributed by atoms with Crippen LogP contribution in [0.2, 0.25) is 0 Å². The van der Waals surface area contributed by atoms with E-state index in [4.69, 9.17) is 35.5 Å². The fourth-order valence-corrected chi connectivity index (χ4v) is 0. The summed E-state index contributed by atoms with van der Waals surface area (Å²) in [5.74, 6) is 0. The van der Waals surface area contributed by atoms with Crippen molar-refractivity contribution in [3.8, 4) is 0 Å². The van der Waals surface area contributed by atoms with Crippen molar-refractivity contribution in [1.29, 1.82) is 0 Å². The standard InChI is InChI=1S/BH3O3.2ClH.2Ni/c2-1(3)4;;;;/h2-4H;2*1H;;/q;;;;+2/p-2. The average Bonchev–Trinajstić information content (AvgIpc) is 1.33. The van der Waals surface area contributed by atoms with Crippen LogP contribution in [0.3, 0.4) is 0 Å². The predicted molar refractivity (Wildman–Crippen MR) is 24.1 cm³/mol. The first-order valence-corrected chi connectivity index (χ1v) is 3.73. The van der Waals surface area contributed by atoms with Gasteiger partial charge in [0.15, 0.2) is 0 Å². The van der Waals surface area contributed by atoms with Crippen molar-refractivity contribution in [3.63, 3.8) is 0 Å². The maximum Gasteiger partial charge on any atom is 0 e. The van der Waals surface area contributed by atoms with Gasteiger partial charge in [-0.15, -0.1) is 0 Å². The Morgan fingerprint density at radius 1 is 1.12 bits per heavy atom. The monoisotopic (exact) mass is 248 g/mol. The minimum absolute atomic E-state index is 0. The van der Waals surface area contributed by atoms with Crippen molar-refractivity contribution in [2.75, 3.05) is 0 Å². The second kappa shape index (κ2) is 15.8. The van der Waals surface area contributed by atoms with Crippen LogP contribution in [0.5, 0.6) is 0 Å². The van der Waals surface area contributed by atoms with Crippen LogP contribution in [0, 0.1) is 0 Å². The zero-order valence-corrected chi connectivity index (χ0v) is 6.79. The molecule has 0 heterocycles. The van der Waals surface area contributed by atoms with E-state index in [1.54, 1.807) is 0 Å². The molecular weight excluding hydrogens is 247 g/mol.